The molecule has 0 saturated heterocycles. The maximum Gasteiger partial charge on any atom is 0.376 e. The molecule has 0 aliphatic heterocycles. The van der Waals surface area contributed by atoms with Crippen molar-refractivity contribution >= 4 is 17.1 Å². The first-order valence-electron chi connectivity index (χ1n) is 5.53. The SMILES string of the molecule is COC(=O)c1nccc(-c2ccc3ncoc3c2)n1. The van der Waals surface area contributed by atoms with Gasteiger partial charge < -0.3 is 9.15 Å². The van der Waals surface area contributed by atoms with Gasteiger partial charge in [0.05, 0.1) is 12.8 Å². The van der Waals surface area contributed by atoms with Crippen LogP contribution in [0, 0.1) is 0 Å². The van der Waals surface area contributed by atoms with E-state index in [2.05, 4.69) is 19.7 Å². The van der Waals surface area contributed by atoms with Crippen LogP contribution in [0.5, 0.6) is 0 Å². The highest BCUT2D eigenvalue weighted by Crippen LogP contribution is 2.22. The molecule has 0 fully saturated rings. The van der Waals surface area contributed by atoms with Crippen molar-refractivity contribution < 1.29 is 13.9 Å². The Morgan fingerprint density at radius 2 is 2.16 bits per heavy atom. The molecule has 6 nitrogen and oxygen atoms in total. The summed E-state index contributed by atoms with van der Waals surface area (Å²) >= 11 is 0. The number of carbonyl (C=O) groups is 1. The van der Waals surface area contributed by atoms with Gasteiger partial charge in [-0.3, -0.25) is 0 Å². The lowest BCUT2D eigenvalue weighted by atomic mass is 10.1. The molecule has 3 rings (SSSR count). The van der Waals surface area contributed by atoms with Crippen LogP contribution >= 0.6 is 0 Å². The third-order valence-electron chi connectivity index (χ3n) is 2.65. The van der Waals surface area contributed by atoms with Gasteiger partial charge in [-0.1, -0.05) is 6.07 Å². The minimum absolute atomic E-state index is 0.0256. The standard InChI is InChI=1S/C13H9N3O3/c1-18-13(17)12-14-5-4-9(16-12)8-2-3-10-11(6-8)19-7-15-10/h2-7H,1H3. The Labute approximate surface area is 108 Å². The molecule has 94 valence electrons. The smallest absolute Gasteiger partial charge is 0.376 e. The molecule has 0 spiro atoms. The summed E-state index contributed by atoms with van der Waals surface area (Å²) in [6.07, 6.45) is 2.90. The maximum atomic E-state index is 11.4. The largest absolute Gasteiger partial charge is 0.463 e. The zero-order valence-electron chi connectivity index (χ0n) is 10.0. The molecule has 6 heteroatoms. The van der Waals surface area contributed by atoms with Gasteiger partial charge in [-0.25, -0.2) is 19.7 Å². The van der Waals surface area contributed by atoms with Crippen LogP contribution in [0.3, 0.4) is 0 Å². The monoisotopic (exact) mass is 255 g/mol. The van der Waals surface area contributed by atoms with Crippen molar-refractivity contribution in [2.45, 2.75) is 0 Å². The van der Waals surface area contributed by atoms with Gasteiger partial charge in [-0.15, -0.1) is 0 Å². The van der Waals surface area contributed by atoms with Crippen LogP contribution in [0.2, 0.25) is 0 Å². The molecular formula is C13H9N3O3. The van der Waals surface area contributed by atoms with Gasteiger partial charge in [-0.2, -0.15) is 0 Å². The summed E-state index contributed by atoms with van der Waals surface area (Å²) in [4.78, 5) is 23.5. The van der Waals surface area contributed by atoms with Gasteiger partial charge in [0.2, 0.25) is 5.82 Å². The van der Waals surface area contributed by atoms with Crippen molar-refractivity contribution in [3.05, 3.63) is 42.7 Å². The fourth-order valence-electron chi connectivity index (χ4n) is 1.72. The Morgan fingerprint density at radius 1 is 1.26 bits per heavy atom. The molecule has 0 amide bonds. The van der Waals surface area contributed by atoms with E-state index in [0.717, 1.165) is 11.1 Å². The van der Waals surface area contributed by atoms with Gasteiger partial charge >= 0.3 is 5.97 Å². The first kappa shape index (κ1) is 11.3. The van der Waals surface area contributed by atoms with Crippen molar-refractivity contribution in [1.82, 2.24) is 15.0 Å². The van der Waals surface area contributed by atoms with E-state index in [-0.39, 0.29) is 5.82 Å². The Balaban J connectivity index is 2.07. The predicted octanol–water partition coefficient (Wildman–Crippen LogP) is 2.07. The number of nitrogens with zero attached hydrogens (tertiary/aromatic N) is 3. The molecule has 0 radical (unpaired) electrons. The number of aromatic nitrogens is 3. The molecular weight excluding hydrogens is 246 g/mol. The zero-order valence-corrected chi connectivity index (χ0v) is 10.0. The first-order chi connectivity index (χ1) is 9.28. The van der Waals surface area contributed by atoms with Gasteiger partial charge in [0.1, 0.15) is 5.52 Å². The number of hydrogen-bond acceptors (Lipinski definition) is 6. The normalized spacial score (nSPS) is 10.6. The fourth-order valence-corrected chi connectivity index (χ4v) is 1.72. The van der Waals surface area contributed by atoms with E-state index in [1.807, 2.05) is 18.2 Å². The van der Waals surface area contributed by atoms with Crippen molar-refractivity contribution in [3.63, 3.8) is 0 Å². The first-order valence-corrected chi connectivity index (χ1v) is 5.53. The Kier molecular flexibility index (Phi) is 2.68. The summed E-state index contributed by atoms with van der Waals surface area (Å²) in [6, 6.07) is 7.21. The van der Waals surface area contributed by atoms with Crippen LogP contribution < -0.4 is 0 Å². The lowest BCUT2D eigenvalue weighted by Crippen LogP contribution is -2.07. The van der Waals surface area contributed by atoms with Gasteiger partial charge in [0.15, 0.2) is 12.0 Å². The summed E-state index contributed by atoms with van der Waals surface area (Å²) in [6.45, 7) is 0. The lowest BCUT2D eigenvalue weighted by Gasteiger charge is -2.02. The molecule has 0 aliphatic rings. The molecule has 0 aliphatic carbocycles. The van der Waals surface area contributed by atoms with E-state index in [9.17, 15) is 4.79 Å². The summed E-state index contributed by atoms with van der Waals surface area (Å²) in [7, 11) is 1.29. The van der Waals surface area contributed by atoms with Crippen LogP contribution in [0.25, 0.3) is 22.4 Å². The second-order valence-corrected chi connectivity index (χ2v) is 3.79. The van der Waals surface area contributed by atoms with Crippen LogP contribution in [0.15, 0.2) is 41.3 Å². The lowest BCUT2D eigenvalue weighted by molar-refractivity contribution is 0.0587. The third-order valence-corrected chi connectivity index (χ3v) is 2.65. The minimum Gasteiger partial charge on any atom is -0.463 e. The number of benzene rings is 1. The highest BCUT2D eigenvalue weighted by atomic mass is 16.5. The van der Waals surface area contributed by atoms with Crippen LogP contribution in [0.4, 0.5) is 0 Å². The summed E-state index contributed by atoms with van der Waals surface area (Å²) in [5.41, 5.74) is 2.87. The number of methoxy groups -OCH3 is 1. The minimum atomic E-state index is -0.567. The van der Waals surface area contributed by atoms with Gasteiger partial charge in [0, 0.05) is 11.8 Å². The Bertz CT molecular complexity index is 751. The molecule has 0 N–H and O–H groups in total. The molecule has 2 aromatic heterocycles. The number of esters is 1. The summed E-state index contributed by atoms with van der Waals surface area (Å²) in [5.74, 6) is -0.541. The highest BCUT2D eigenvalue weighted by molar-refractivity contribution is 5.86. The van der Waals surface area contributed by atoms with E-state index < -0.39 is 5.97 Å². The van der Waals surface area contributed by atoms with E-state index in [4.69, 9.17) is 4.42 Å². The number of oxazole rings is 1. The van der Waals surface area contributed by atoms with Crippen molar-refractivity contribution in [1.29, 1.82) is 0 Å². The maximum absolute atomic E-state index is 11.4. The molecule has 0 unspecified atom stereocenters. The van der Waals surface area contributed by atoms with Crippen LogP contribution in [-0.4, -0.2) is 28.0 Å². The molecule has 0 saturated carbocycles. The molecule has 1 aromatic carbocycles. The van der Waals surface area contributed by atoms with E-state index in [1.54, 1.807) is 6.07 Å². The number of ether oxygens (including phenoxy) is 1. The van der Waals surface area contributed by atoms with Crippen LogP contribution in [-0.2, 0) is 4.74 Å². The Hall–Kier alpha value is -2.76. The van der Waals surface area contributed by atoms with E-state index in [1.165, 1.54) is 19.7 Å². The summed E-state index contributed by atoms with van der Waals surface area (Å²) in [5, 5.41) is 0. The zero-order chi connectivity index (χ0) is 13.2. The number of hydrogen-bond donors (Lipinski definition) is 0. The number of rotatable bonds is 2. The van der Waals surface area contributed by atoms with E-state index >= 15 is 0 Å². The molecule has 3 aromatic rings. The highest BCUT2D eigenvalue weighted by Gasteiger charge is 2.11. The van der Waals surface area contributed by atoms with Crippen molar-refractivity contribution in [3.8, 4) is 11.3 Å². The Morgan fingerprint density at radius 3 is 3.00 bits per heavy atom. The predicted molar refractivity (Wildman–Crippen MR) is 66.4 cm³/mol. The third kappa shape index (κ3) is 2.03. The van der Waals surface area contributed by atoms with Crippen LogP contribution in [0.1, 0.15) is 10.6 Å². The molecule has 0 atom stereocenters. The average molecular weight is 255 g/mol. The second kappa shape index (κ2) is 4.49. The van der Waals surface area contributed by atoms with Crippen molar-refractivity contribution in [2.75, 3.05) is 7.11 Å². The number of carbonyl (C=O) groups excluding carboxylic acids is 1. The van der Waals surface area contributed by atoms with E-state index in [0.29, 0.717) is 11.3 Å². The number of fused-ring (bicyclic) bond motifs is 1. The fraction of sp³-hybridized carbons (Fsp3) is 0.0769. The van der Waals surface area contributed by atoms with Gasteiger partial charge in [-0.05, 0) is 18.2 Å². The molecule has 0 bridgehead atoms. The van der Waals surface area contributed by atoms with Gasteiger partial charge in [0.25, 0.3) is 0 Å². The molecule has 2 heterocycles. The topological polar surface area (TPSA) is 78.1 Å². The average Bonchev–Trinajstić information content (AvgIpc) is 2.94. The van der Waals surface area contributed by atoms with Crippen molar-refractivity contribution in [2.24, 2.45) is 0 Å². The quantitative estimate of drug-likeness (QED) is 0.652. The molecule has 19 heavy (non-hydrogen) atoms. The summed E-state index contributed by atoms with van der Waals surface area (Å²) < 4.78 is 9.83. The second-order valence-electron chi connectivity index (χ2n) is 3.79.